The molecule has 0 aliphatic heterocycles. The average Bonchev–Trinajstić information content (AvgIpc) is 3.46. The maximum atomic E-state index is 13.9. The lowest BCUT2D eigenvalue weighted by atomic mass is 9.92. The number of nitrogens with zero attached hydrogens (tertiary/aromatic N) is 2. The highest BCUT2D eigenvalue weighted by Gasteiger charge is 2.33. The summed E-state index contributed by atoms with van der Waals surface area (Å²) in [5.41, 5.74) is 10.4. The molecular formula is C34H40ClN3O4. The Balaban J connectivity index is 1.42. The van der Waals surface area contributed by atoms with Crippen LogP contribution in [0.1, 0.15) is 72.2 Å². The van der Waals surface area contributed by atoms with Crippen molar-refractivity contribution in [3.63, 3.8) is 0 Å². The molecule has 1 N–H and O–H groups in total. The van der Waals surface area contributed by atoms with Crippen molar-refractivity contribution in [1.29, 1.82) is 0 Å². The Labute approximate surface area is 253 Å². The van der Waals surface area contributed by atoms with Gasteiger partial charge in [0.25, 0.3) is 6.47 Å². The van der Waals surface area contributed by atoms with Crippen molar-refractivity contribution in [3.8, 4) is 16.9 Å². The fourth-order valence-corrected chi connectivity index (χ4v) is 6.70. The molecular weight excluding hydrogens is 550 g/mol. The Bertz CT molecular complexity index is 1520. The zero-order chi connectivity index (χ0) is 30.0. The summed E-state index contributed by atoms with van der Waals surface area (Å²) in [4.78, 5) is 25.0. The molecule has 2 aromatic carbocycles. The van der Waals surface area contributed by atoms with Crippen LogP contribution in [-0.2, 0) is 27.8 Å². The van der Waals surface area contributed by atoms with Gasteiger partial charge in [-0.2, -0.15) is 5.10 Å². The Morgan fingerprint density at radius 1 is 1.12 bits per heavy atom. The zero-order valence-electron chi connectivity index (χ0n) is 25.2. The van der Waals surface area contributed by atoms with Crippen LogP contribution >= 0.6 is 11.6 Å². The third-order valence-electron chi connectivity index (χ3n) is 8.77. The van der Waals surface area contributed by atoms with Crippen molar-refractivity contribution in [3.05, 3.63) is 74.6 Å². The summed E-state index contributed by atoms with van der Waals surface area (Å²) in [6.07, 6.45) is 5.26. The first-order valence-corrected chi connectivity index (χ1v) is 15.2. The molecule has 1 amide bonds. The van der Waals surface area contributed by atoms with Crippen molar-refractivity contribution in [2.45, 2.75) is 84.8 Å². The van der Waals surface area contributed by atoms with Gasteiger partial charge in [-0.25, -0.2) is 0 Å². The summed E-state index contributed by atoms with van der Waals surface area (Å²) in [6.45, 7) is 9.10. The summed E-state index contributed by atoms with van der Waals surface area (Å²) in [5, 5.41) is 8.66. The van der Waals surface area contributed by atoms with Gasteiger partial charge in [0.1, 0.15) is 11.9 Å². The van der Waals surface area contributed by atoms with Crippen LogP contribution in [0.15, 0.2) is 35.9 Å². The third kappa shape index (κ3) is 5.98. The number of nitrogens with one attached hydrogen (secondary N) is 1. The van der Waals surface area contributed by atoms with Gasteiger partial charge in [0.15, 0.2) is 0 Å². The van der Waals surface area contributed by atoms with E-state index in [2.05, 4.69) is 35.5 Å². The smallest absolute Gasteiger partial charge is 0.293 e. The molecule has 0 saturated heterocycles. The van der Waals surface area contributed by atoms with Gasteiger partial charge >= 0.3 is 0 Å². The number of rotatable bonds is 10. The molecule has 0 spiro atoms. The van der Waals surface area contributed by atoms with Crippen molar-refractivity contribution >= 4 is 29.6 Å². The molecule has 1 fully saturated rings. The van der Waals surface area contributed by atoms with E-state index >= 15 is 0 Å². The number of aromatic nitrogens is 2. The van der Waals surface area contributed by atoms with Crippen molar-refractivity contribution in [2.75, 3.05) is 6.61 Å². The fourth-order valence-electron chi connectivity index (χ4n) is 6.59. The number of aryl methyl sites for hydroxylation is 4. The van der Waals surface area contributed by atoms with Gasteiger partial charge in [-0.05, 0) is 105 Å². The first-order valence-electron chi connectivity index (χ1n) is 14.8. The standard InChI is InChI=1S/C34H40ClN3O4/c1-20-16-24(17-21(2)33(20)35)41-15-9-12-26-25-10-8-11-27(32-22(3)37-38(5)23(32)4)28(25)18-29(26)34(40)36-30-13-6-7-14-31(30)42-19-39/h8,10-11,16-17,19,30-31H,6-7,9,12-15,18H2,1-5H3,(H,36,40)/t30-,31+/m0/s1. The molecule has 7 nitrogen and oxygen atoms in total. The number of halogens is 1. The topological polar surface area (TPSA) is 82.4 Å². The monoisotopic (exact) mass is 589 g/mol. The van der Waals surface area contributed by atoms with Gasteiger partial charge in [-0.3, -0.25) is 14.3 Å². The van der Waals surface area contributed by atoms with Crippen LogP contribution in [0.4, 0.5) is 0 Å². The number of fused-ring (bicyclic) bond motifs is 1. The van der Waals surface area contributed by atoms with E-state index in [9.17, 15) is 9.59 Å². The Hall–Kier alpha value is -3.58. The van der Waals surface area contributed by atoms with Crippen molar-refractivity contribution < 1.29 is 19.1 Å². The summed E-state index contributed by atoms with van der Waals surface area (Å²) in [7, 11) is 1.96. The van der Waals surface area contributed by atoms with Gasteiger partial charge in [-0.15, -0.1) is 0 Å². The minimum Gasteiger partial charge on any atom is -0.494 e. The van der Waals surface area contributed by atoms with Crippen LogP contribution in [0.2, 0.25) is 5.02 Å². The predicted molar refractivity (Wildman–Crippen MR) is 166 cm³/mol. The van der Waals surface area contributed by atoms with Gasteiger partial charge < -0.3 is 14.8 Å². The van der Waals surface area contributed by atoms with E-state index in [-0.39, 0.29) is 18.1 Å². The Kier molecular flexibility index (Phi) is 9.07. The molecule has 1 aromatic heterocycles. The number of benzene rings is 2. The maximum absolute atomic E-state index is 13.9. The van der Waals surface area contributed by atoms with Gasteiger partial charge in [0, 0.05) is 35.3 Å². The second kappa shape index (κ2) is 12.7. The fraction of sp³-hybridized carbons (Fsp3) is 0.441. The van der Waals surface area contributed by atoms with Gasteiger partial charge in [-0.1, -0.05) is 36.2 Å². The molecule has 2 aliphatic carbocycles. The van der Waals surface area contributed by atoms with Crippen molar-refractivity contribution in [2.24, 2.45) is 7.05 Å². The highest BCUT2D eigenvalue weighted by atomic mass is 35.5. The van der Waals surface area contributed by atoms with Gasteiger partial charge in [0.2, 0.25) is 5.91 Å². The van der Waals surface area contributed by atoms with E-state index < -0.39 is 0 Å². The first kappa shape index (κ1) is 29.9. The molecule has 1 saturated carbocycles. The Morgan fingerprint density at radius 2 is 1.83 bits per heavy atom. The van der Waals surface area contributed by atoms with Crippen LogP contribution in [0, 0.1) is 27.7 Å². The van der Waals surface area contributed by atoms with Crippen LogP contribution in [0.25, 0.3) is 16.7 Å². The third-order valence-corrected chi connectivity index (χ3v) is 9.37. The van der Waals surface area contributed by atoms with E-state index in [4.69, 9.17) is 21.1 Å². The average molecular weight is 590 g/mol. The molecule has 2 atom stereocenters. The van der Waals surface area contributed by atoms with Crippen LogP contribution in [-0.4, -0.2) is 40.9 Å². The van der Waals surface area contributed by atoms with E-state index in [0.29, 0.717) is 25.9 Å². The molecule has 8 heteroatoms. The summed E-state index contributed by atoms with van der Waals surface area (Å²) in [5.74, 6) is 0.722. The first-order chi connectivity index (χ1) is 20.2. The molecule has 222 valence electrons. The zero-order valence-corrected chi connectivity index (χ0v) is 25.9. The van der Waals surface area contributed by atoms with Crippen LogP contribution in [0.5, 0.6) is 5.75 Å². The number of carbonyl (C=O) groups excluding carboxylic acids is 2. The second-order valence-corrected chi connectivity index (χ2v) is 12.0. The van der Waals surface area contributed by atoms with Crippen LogP contribution < -0.4 is 10.1 Å². The highest BCUT2D eigenvalue weighted by molar-refractivity contribution is 6.32. The quantitative estimate of drug-likeness (QED) is 0.209. The van der Waals surface area contributed by atoms with E-state index in [0.717, 1.165) is 98.8 Å². The van der Waals surface area contributed by atoms with Crippen LogP contribution in [0.3, 0.4) is 0 Å². The minimum atomic E-state index is -0.288. The highest BCUT2D eigenvalue weighted by Crippen LogP contribution is 2.42. The maximum Gasteiger partial charge on any atom is 0.293 e. The number of hydrogen-bond acceptors (Lipinski definition) is 5. The summed E-state index contributed by atoms with van der Waals surface area (Å²) >= 11 is 6.33. The predicted octanol–water partition coefficient (Wildman–Crippen LogP) is 6.74. The number of carbonyl (C=O) groups is 2. The van der Waals surface area contributed by atoms with E-state index in [1.165, 1.54) is 0 Å². The second-order valence-electron chi connectivity index (χ2n) is 11.6. The summed E-state index contributed by atoms with van der Waals surface area (Å²) < 4.78 is 13.4. The lowest BCUT2D eigenvalue weighted by Crippen LogP contribution is -2.46. The number of allylic oxidation sites excluding steroid dienone is 1. The number of ether oxygens (including phenoxy) is 2. The van der Waals surface area contributed by atoms with Crippen molar-refractivity contribution in [1.82, 2.24) is 15.1 Å². The molecule has 3 aromatic rings. The Morgan fingerprint density at radius 3 is 2.52 bits per heavy atom. The SMILES string of the molecule is Cc1cc(OCCCC2=C(C(=O)N[C@H]3CCCC[C@H]3OC=O)Cc3c2cccc3-c2c(C)nn(C)c2C)cc(C)c1Cl. The molecule has 0 unspecified atom stereocenters. The largest absolute Gasteiger partial charge is 0.494 e. The van der Waals surface area contributed by atoms with Gasteiger partial charge in [0.05, 0.1) is 18.3 Å². The molecule has 2 aliphatic rings. The van der Waals surface area contributed by atoms with E-state index in [1.807, 2.05) is 44.6 Å². The number of hydrogen-bond donors (Lipinski definition) is 1. The molecule has 42 heavy (non-hydrogen) atoms. The van der Waals surface area contributed by atoms with E-state index in [1.54, 1.807) is 0 Å². The molecule has 0 radical (unpaired) electrons. The lowest BCUT2D eigenvalue weighted by molar-refractivity contribution is -0.137. The molecule has 1 heterocycles. The summed E-state index contributed by atoms with van der Waals surface area (Å²) in [6, 6.07) is 10.1. The number of amides is 1. The molecule has 5 rings (SSSR count). The lowest BCUT2D eigenvalue weighted by Gasteiger charge is -2.30. The minimum absolute atomic E-state index is 0.0805. The molecule has 0 bridgehead atoms. The normalized spacial score (nSPS) is 18.1.